The molecule has 0 unspecified atom stereocenters. The molecular formula is C16H25N3O2. The molecule has 1 aromatic carbocycles. The first-order valence-electron chi connectivity index (χ1n) is 7.50. The molecule has 0 atom stereocenters. The van der Waals surface area contributed by atoms with Crippen LogP contribution in [0.15, 0.2) is 24.3 Å². The molecule has 21 heavy (non-hydrogen) atoms. The molecule has 1 saturated heterocycles. The van der Waals surface area contributed by atoms with Crippen molar-refractivity contribution < 1.29 is 9.90 Å². The predicted molar refractivity (Wildman–Crippen MR) is 84.7 cm³/mol. The van der Waals surface area contributed by atoms with Gasteiger partial charge in [0.25, 0.3) is 0 Å². The van der Waals surface area contributed by atoms with Crippen molar-refractivity contribution in [3.8, 4) is 5.75 Å². The van der Waals surface area contributed by atoms with Gasteiger partial charge >= 0.3 is 0 Å². The van der Waals surface area contributed by atoms with E-state index >= 15 is 0 Å². The number of likely N-dealkylation sites (N-methyl/N-ethyl adjacent to an activating group) is 1. The van der Waals surface area contributed by atoms with Crippen LogP contribution in [0.25, 0.3) is 0 Å². The Labute approximate surface area is 126 Å². The largest absolute Gasteiger partial charge is 0.506 e. The van der Waals surface area contributed by atoms with Crippen LogP contribution in [-0.4, -0.2) is 66.6 Å². The van der Waals surface area contributed by atoms with Gasteiger partial charge in [-0.3, -0.25) is 9.69 Å². The van der Waals surface area contributed by atoms with Crippen LogP contribution in [0.3, 0.4) is 0 Å². The summed E-state index contributed by atoms with van der Waals surface area (Å²) in [5.41, 5.74) is 0.878. The van der Waals surface area contributed by atoms with Crippen LogP contribution in [0.1, 0.15) is 13.8 Å². The maximum Gasteiger partial charge on any atom is 0.236 e. The summed E-state index contributed by atoms with van der Waals surface area (Å²) in [6.07, 6.45) is 0. The first-order chi connectivity index (χ1) is 9.99. The first-order valence-corrected chi connectivity index (χ1v) is 7.50. The van der Waals surface area contributed by atoms with Crippen molar-refractivity contribution in [2.24, 2.45) is 0 Å². The molecule has 0 bridgehead atoms. The van der Waals surface area contributed by atoms with Gasteiger partial charge in [0, 0.05) is 39.3 Å². The van der Waals surface area contributed by atoms with E-state index in [0.717, 1.165) is 31.9 Å². The second-order valence-electron chi connectivity index (χ2n) is 5.85. The lowest BCUT2D eigenvalue weighted by Crippen LogP contribution is -2.50. The minimum atomic E-state index is 0.168. The third-order valence-electron chi connectivity index (χ3n) is 4.12. The van der Waals surface area contributed by atoms with Crippen LogP contribution < -0.4 is 4.90 Å². The Hall–Kier alpha value is -1.75. The van der Waals surface area contributed by atoms with Gasteiger partial charge in [0.1, 0.15) is 5.75 Å². The Morgan fingerprint density at radius 1 is 1.24 bits per heavy atom. The van der Waals surface area contributed by atoms with Gasteiger partial charge in [-0.05, 0) is 26.0 Å². The number of carbonyl (C=O) groups is 1. The van der Waals surface area contributed by atoms with E-state index < -0.39 is 0 Å². The molecule has 0 radical (unpaired) electrons. The Morgan fingerprint density at radius 2 is 1.86 bits per heavy atom. The summed E-state index contributed by atoms with van der Waals surface area (Å²) in [6.45, 7) is 7.86. The molecular weight excluding hydrogens is 266 g/mol. The molecule has 1 aromatic rings. The van der Waals surface area contributed by atoms with Gasteiger partial charge < -0.3 is 14.9 Å². The molecule has 0 saturated carbocycles. The Kier molecular flexibility index (Phi) is 5.07. The second kappa shape index (κ2) is 6.80. The Bertz CT molecular complexity index is 482. The molecule has 1 aliphatic rings. The van der Waals surface area contributed by atoms with Crippen LogP contribution in [0, 0.1) is 0 Å². The number of hydrogen-bond acceptors (Lipinski definition) is 4. The molecule has 0 aromatic heterocycles. The Balaban J connectivity index is 1.86. The number of carbonyl (C=O) groups excluding carboxylic acids is 1. The summed E-state index contributed by atoms with van der Waals surface area (Å²) in [5, 5.41) is 9.89. The lowest BCUT2D eigenvalue weighted by Gasteiger charge is -2.36. The second-order valence-corrected chi connectivity index (χ2v) is 5.85. The van der Waals surface area contributed by atoms with Gasteiger partial charge in [0.05, 0.1) is 12.2 Å². The van der Waals surface area contributed by atoms with Crippen molar-refractivity contribution in [2.45, 2.75) is 19.9 Å². The van der Waals surface area contributed by atoms with E-state index in [1.54, 1.807) is 11.0 Å². The van der Waals surface area contributed by atoms with Crippen molar-refractivity contribution in [2.75, 3.05) is 44.7 Å². The maximum atomic E-state index is 12.1. The lowest BCUT2D eigenvalue weighted by molar-refractivity contribution is -0.132. The number of hydrogen-bond donors (Lipinski definition) is 1. The predicted octanol–water partition coefficient (Wildman–Crippen LogP) is 1.38. The zero-order chi connectivity index (χ0) is 15.4. The SMILES string of the molecule is CC(C)N(C)C(=O)CN1CCN(c2ccccc2O)CC1. The number of para-hydroxylation sites is 2. The summed E-state index contributed by atoms with van der Waals surface area (Å²) in [6, 6.07) is 7.64. The number of aromatic hydroxyl groups is 1. The molecule has 2 rings (SSSR count). The van der Waals surface area contributed by atoms with Gasteiger partial charge in [-0.1, -0.05) is 12.1 Å². The number of phenolic OH excluding ortho intramolecular Hbond substituents is 1. The van der Waals surface area contributed by atoms with E-state index in [4.69, 9.17) is 0 Å². The summed E-state index contributed by atoms with van der Waals surface area (Å²) in [7, 11) is 1.85. The number of phenols is 1. The number of rotatable bonds is 4. The van der Waals surface area contributed by atoms with E-state index in [1.165, 1.54) is 0 Å². The third-order valence-corrected chi connectivity index (χ3v) is 4.12. The van der Waals surface area contributed by atoms with E-state index in [-0.39, 0.29) is 11.9 Å². The molecule has 1 aliphatic heterocycles. The zero-order valence-corrected chi connectivity index (χ0v) is 13.1. The van der Waals surface area contributed by atoms with Crippen molar-refractivity contribution >= 4 is 11.6 Å². The molecule has 5 heteroatoms. The van der Waals surface area contributed by atoms with Gasteiger partial charge in [0.15, 0.2) is 0 Å². The first kappa shape index (κ1) is 15.6. The van der Waals surface area contributed by atoms with Crippen molar-refractivity contribution in [3.05, 3.63) is 24.3 Å². The van der Waals surface area contributed by atoms with Gasteiger partial charge in [-0.15, -0.1) is 0 Å². The highest BCUT2D eigenvalue weighted by Gasteiger charge is 2.22. The molecule has 1 amide bonds. The molecule has 0 aliphatic carbocycles. The molecule has 0 spiro atoms. The summed E-state index contributed by atoms with van der Waals surface area (Å²) >= 11 is 0. The average Bonchev–Trinajstić information content (AvgIpc) is 2.47. The minimum Gasteiger partial charge on any atom is -0.506 e. The number of anilines is 1. The summed E-state index contributed by atoms with van der Waals surface area (Å²) in [5.74, 6) is 0.488. The molecule has 1 heterocycles. The molecule has 5 nitrogen and oxygen atoms in total. The van der Waals surface area contributed by atoms with Gasteiger partial charge in [-0.25, -0.2) is 0 Å². The van der Waals surface area contributed by atoms with Crippen LogP contribution in [0.5, 0.6) is 5.75 Å². The van der Waals surface area contributed by atoms with Crippen LogP contribution in [0.2, 0.25) is 0 Å². The van der Waals surface area contributed by atoms with Gasteiger partial charge in [0.2, 0.25) is 5.91 Å². The van der Waals surface area contributed by atoms with E-state index in [1.807, 2.05) is 39.1 Å². The molecule has 1 fully saturated rings. The minimum absolute atomic E-state index is 0.168. The fourth-order valence-electron chi connectivity index (χ4n) is 2.47. The monoisotopic (exact) mass is 291 g/mol. The van der Waals surface area contributed by atoms with Crippen molar-refractivity contribution in [3.63, 3.8) is 0 Å². The maximum absolute atomic E-state index is 12.1. The molecule has 1 N–H and O–H groups in total. The fraction of sp³-hybridized carbons (Fsp3) is 0.562. The van der Waals surface area contributed by atoms with Crippen molar-refractivity contribution in [1.82, 2.24) is 9.80 Å². The van der Waals surface area contributed by atoms with Crippen LogP contribution >= 0.6 is 0 Å². The van der Waals surface area contributed by atoms with Crippen LogP contribution in [-0.2, 0) is 4.79 Å². The Morgan fingerprint density at radius 3 is 2.43 bits per heavy atom. The highest BCUT2D eigenvalue weighted by molar-refractivity contribution is 5.78. The quantitative estimate of drug-likeness (QED) is 0.910. The smallest absolute Gasteiger partial charge is 0.236 e. The third kappa shape index (κ3) is 3.88. The molecule has 116 valence electrons. The number of amides is 1. The number of nitrogens with zero attached hydrogens (tertiary/aromatic N) is 3. The average molecular weight is 291 g/mol. The topological polar surface area (TPSA) is 47.0 Å². The van der Waals surface area contributed by atoms with E-state index in [9.17, 15) is 9.90 Å². The highest BCUT2D eigenvalue weighted by atomic mass is 16.3. The number of piperazine rings is 1. The fourth-order valence-corrected chi connectivity index (χ4v) is 2.47. The summed E-state index contributed by atoms with van der Waals surface area (Å²) < 4.78 is 0. The van der Waals surface area contributed by atoms with E-state index in [2.05, 4.69) is 9.80 Å². The van der Waals surface area contributed by atoms with Crippen LogP contribution in [0.4, 0.5) is 5.69 Å². The van der Waals surface area contributed by atoms with Crippen molar-refractivity contribution in [1.29, 1.82) is 0 Å². The highest BCUT2D eigenvalue weighted by Crippen LogP contribution is 2.27. The normalized spacial score (nSPS) is 16.3. The zero-order valence-electron chi connectivity index (χ0n) is 13.1. The van der Waals surface area contributed by atoms with Gasteiger partial charge in [-0.2, -0.15) is 0 Å². The van der Waals surface area contributed by atoms with E-state index in [0.29, 0.717) is 12.3 Å². The summed E-state index contributed by atoms with van der Waals surface area (Å²) in [4.78, 5) is 18.2. The standard InChI is InChI=1S/C16H25N3O2/c1-13(2)17(3)16(21)12-18-8-10-19(11-9-18)14-6-4-5-7-15(14)20/h4-7,13,20H,8-12H2,1-3H3. The lowest BCUT2D eigenvalue weighted by atomic mass is 10.2. The number of benzene rings is 1.